The number of rotatable bonds is 3. The van der Waals surface area contributed by atoms with E-state index >= 15 is 0 Å². The van der Waals surface area contributed by atoms with Crippen LogP contribution in [0, 0.1) is 5.92 Å². The second-order valence-corrected chi connectivity index (χ2v) is 4.79. The SMILES string of the molecule is CN(C1CC(=O)NC1=O)C1CCCC1CN. The topological polar surface area (TPSA) is 75.4 Å². The van der Waals surface area contributed by atoms with Gasteiger partial charge in [-0.1, -0.05) is 6.42 Å². The number of nitrogens with one attached hydrogen (secondary N) is 1. The van der Waals surface area contributed by atoms with Crippen molar-refractivity contribution in [1.82, 2.24) is 10.2 Å². The van der Waals surface area contributed by atoms with Crippen LogP contribution >= 0.6 is 0 Å². The predicted molar refractivity (Wildman–Crippen MR) is 59.5 cm³/mol. The summed E-state index contributed by atoms with van der Waals surface area (Å²) in [6.07, 6.45) is 3.67. The highest BCUT2D eigenvalue weighted by molar-refractivity contribution is 6.05. The molecule has 5 heteroatoms. The van der Waals surface area contributed by atoms with Gasteiger partial charge in [0, 0.05) is 6.04 Å². The molecule has 0 aromatic rings. The van der Waals surface area contributed by atoms with Crippen molar-refractivity contribution >= 4 is 11.8 Å². The Kier molecular flexibility index (Phi) is 3.25. The van der Waals surface area contributed by atoms with Crippen molar-refractivity contribution < 1.29 is 9.59 Å². The van der Waals surface area contributed by atoms with Crippen molar-refractivity contribution in [3.8, 4) is 0 Å². The molecule has 1 aliphatic heterocycles. The van der Waals surface area contributed by atoms with Crippen molar-refractivity contribution in [3.63, 3.8) is 0 Å². The number of amides is 2. The summed E-state index contributed by atoms with van der Waals surface area (Å²) in [4.78, 5) is 24.8. The predicted octanol–water partition coefficient (Wildman–Crippen LogP) is -0.539. The average molecular weight is 225 g/mol. The first-order valence-corrected chi connectivity index (χ1v) is 5.89. The molecular formula is C11H19N3O2. The molecular weight excluding hydrogens is 206 g/mol. The molecule has 3 unspecified atom stereocenters. The summed E-state index contributed by atoms with van der Waals surface area (Å²) in [5.74, 6) is 0.146. The Balaban J connectivity index is 2.04. The summed E-state index contributed by atoms with van der Waals surface area (Å²) in [6, 6.07) is 0.0660. The molecule has 1 heterocycles. The number of hydrogen-bond acceptors (Lipinski definition) is 4. The van der Waals surface area contributed by atoms with E-state index in [9.17, 15) is 9.59 Å². The van der Waals surface area contributed by atoms with E-state index in [1.807, 2.05) is 11.9 Å². The van der Waals surface area contributed by atoms with Crippen LogP contribution < -0.4 is 11.1 Å². The zero-order valence-corrected chi connectivity index (χ0v) is 9.61. The molecule has 0 bridgehead atoms. The minimum Gasteiger partial charge on any atom is -0.330 e. The third-order valence-electron chi connectivity index (χ3n) is 3.88. The standard InChI is InChI=1S/C11H19N3O2/c1-14(8-4-2-3-7(8)6-12)9-5-10(15)13-11(9)16/h7-9H,2-6,12H2,1H3,(H,13,15,16). The third kappa shape index (κ3) is 1.97. The maximum absolute atomic E-state index is 11.6. The van der Waals surface area contributed by atoms with E-state index in [-0.39, 0.29) is 17.9 Å². The number of nitrogens with two attached hydrogens (primary N) is 1. The number of imide groups is 1. The second-order valence-electron chi connectivity index (χ2n) is 4.79. The number of nitrogens with zero attached hydrogens (tertiary/aromatic N) is 1. The fourth-order valence-electron chi connectivity index (χ4n) is 2.93. The number of hydrogen-bond donors (Lipinski definition) is 2. The summed E-state index contributed by atoms with van der Waals surface area (Å²) < 4.78 is 0. The summed E-state index contributed by atoms with van der Waals surface area (Å²) in [6.45, 7) is 0.664. The first kappa shape index (κ1) is 11.5. The largest absolute Gasteiger partial charge is 0.330 e. The number of carbonyl (C=O) groups is 2. The molecule has 1 saturated heterocycles. The van der Waals surface area contributed by atoms with Crippen LogP contribution in [0.25, 0.3) is 0 Å². The van der Waals surface area contributed by atoms with Gasteiger partial charge >= 0.3 is 0 Å². The van der Waals surface area contributed by atoms with Crippen LogP contribution in [-0.2, 0) is 9.59 Å². The van der Waals surface area contributed by atoms with E-state index in [0.717, 1.165) is 12.8 Å². The maximum atomic E-state index is 11.6. The second kappa shape index (κ2) is 4.51. The van der Waals surface area contributed by atoms with Crippen molar-refractivity contribution in [2.75, 3.05) is 13.6 Å². The Morgan fingerprint density at radius 3 is 2.75 bits per heavy atom. The van der Waals surface area contributed by atoms with Crippen LogP contribution in [0.2, 0.25) is 0 Å². The van der Waals surface area contributed by atoms with Gasteiger partial charge in [0.15, 0.2) is 0 Å². The minimum absolute atomic E-state index is 0.157. The molecule has 2 aliphatic rings. The Bertz CT molecular complexity index is 306. The molecule has 0 aromatic carbocycles. The summed E-state index contributed by atoms with van der Waals surface area (Å²) in [5.41, 5.74) is 5.73. The Morgan fingerprint density at radius 2 is 2.19 bits per heavy atom. The highest BCUT2D eigenvalue weighted by atomic mass is 16.2. The lowest BCUT2D eigenvalue weighted by Crippen LogP contribution is -2.47. The van der Waals surface area contributed by atoms with Crippen LogP contribution in [-0.4, -0.2) is 42.4 Å². The zero-order chi connectivity index (χ0) is 11.7. The number of carbonyl (C=O) groups excluding carboxylic acids is 2. The first-order chi connectivity index (χ1) is 7.63. The molecule has 0 radical (unpaired) electrons. The lowest BCUT2D eigenvalue weighted by Gasteiger charge is -2.32. The van der Waals surface area contributed by atoms with E-state index in [0.29, 0.717) is 24.9 Å². The molecule has 3 N–H and O–H groups in total. The smallest absolute Gasteiger partial charge is 0.244 e. The van der Waals surface area contributed by atoms with Crippen molar-refractivity contribution in [3.05, 3.63) is 0 Å². The molecule has 2 fully saturated rings. The van der Waals surface area contributed by atoms with E-state index in [1.54, 1.807) is 0 Å². The zero-order valence-electron chi connectivity index (χ0n) is 9.61. The highest BCUT2D eigenvalue weighted by Gasteiger charge is 2.39. The molecule has 1 saturated carbocycles. The minimum atomic E-state index is -0.287. The fourth-order valence-corrected chi connectivity index (χ4v) is 2.93. The maximum Gasteiger partial charge on any atom is 0.244 e. The van der Waals surface area contributed by atoms with Gasteiger partial charge in [-0.25, -0.2) is 0 Å². The molecule has 0 spiro atoms. The molecule has 3 atom stereocenters. The molecule has 2 rings (SSSR count). The van der Waals surface area contributed by atoms with Gasteiger partial charge in [-0.3, -0.25) is 19.8 Å². The van der Waals surface area contributed by atoms with Crippen LogP contribution in [0.15, 0.2) is 0 Å². The summed E-state index contributed by atoms with van der Waals surface area (Å²) >= 11 is 0. The van der Waals surface area contributed by atoms with Gasteiger partial charge in [-0.2, -0.15) is 0 Å². The first-order valence-electron chi connectivity index (χ1n) is 5.89. The van der Waals surface area contributed by atoms with Gasteiger partial charge in [0.05, 0.1) is 12.5 Å². The summed E-state index contributed by atoms with van der Waals surface area (Å²) in [7, 11) is 1.93. The van der Waals surface area contributed by atoms with Crippen molar-refractivity contribution in [2.24, 2.45) is 11.7 Å². The van der Waals surface area contributed by atoms with Crippen molar-refractivity contribution in [2.45, 2.75) is 37.8 Å². The number of likely N-dealkylation sites (N-methyl/N-ethyl adjacent to an activating group) is 1. The highest BCUT2D eigenvalue weighted by Crippen LogP contribution is 2.30. The van der Waals surface area contributed by atoms with E-state index in [4.69, 9.17) is 5.73 Å². The molecule has 16 heavy (non-hydrogen) atoms. The Morgan fingerprint density at radius 1 is 1.44 bits per heavy atom. The van der Waals surface area contributed by atoms with Gasteiger partial charge in [0.25, 0.3) is 0 Å². The van der Waals surface area contributed by atoms with Crippen LogP contribution in [0.3, 0.4) is 0 Å². The van der Waals surface area contributed by atoms with Crippen LogP contribution in [0.1, 0.15) is 25.7 Å². The molecule has 5 nitrogen and oxygen atoms in total. The van der Waals surface area contributed by atoms with Crippen molar-refractivity contribution in [1.29, 1.82) is 0 Å². The quantitative estimate of drug-likeness (QED) is 0.633. The third-order valence-corrected chi connectivity index (χ3v) is 3.88. The van der Waals surface area contributed by atoms with Gasteiger partial charge in [-0.05, 0) is 32.4 Å². The van der Waals surface area contributed by atoms with Crippen LogP contribution in [0.4, 0.5) is 0 Å². The lowest BCUT2D eigenvalue weighted by atomic mass is 10.0. The molecule has 90 valence electrons. The van der Waals surface area contributed by atoms with Crippen LogP contribution in [0.5, 0.6) is 0 Å². The molecule has 1 aliphatic carbocycles. The van der Waals surface area contributed by atoms with E-state index in [2.05, 4.69) is 5.32 Å². The molecule has 0 aromatic heterocycles. The average Bonchev–Trinajstić information content (AvgIpc) is 2.83. The lowest BCUT2D eigenvalue weighted by molar-refractivity contribution is -0.126. The Hall–Kier alpha value is -0.940. The monoisotopic (exact) mass is 225 g/mol. The van der Waals surface area contributed by atoms with Gasteiger partial charge in [0.2, 0.25) is 11.8 Å². The fraction of sp³-hybridized carbons (Fsp3) is 0.818. The van der Waals surface area contributed by atoms with Gasteiger partial charge in [-0.15, -0.1) is 0 Å². The van der Waals surface area contributed by atoms with E-state index < -0.39 is 0 Å². The molecule has 2 amide bonds. The van der Waals surface area contributed by atoms with Gasteiger partial charge in [0.1, 0.15) is 0 Å². The van der Waals surface area contributed by atoms with E-state index in [1.165, 1.54) is 6.42 Å². The van der Waals surface area contributed by atoms with Gasteiger partial charge < -0.3 is 5.73 Å². The normalized spacial score (nSPS) is 34.8. The summed E-state index contributed by atoms with van der Waals surface area (Å²) in [5, 5.41) is 2.35. The Labute approximate surface area is 95.3 Å².